The normalized spacial score (nSPS) is 18.8. The smallest absolute Gasteiger partial charge is 0.356 e. The van der Waals surface area contributed by atoms with Crippen LogP contribution in [0.4, 0.5) is 0 Å². The third-order valence-corrected chi connectivity index (χ3v) is 10.1. The summed E-state index contributed by atoms with van der Waals surface area (Å²) in [5.41, 5.74) is 8.59. The minimum atomic E-state index is -0.651. The van der Waals surface area contributed by atoms with Gasteiger partial charge in [0.15, 0.2) is 11.5 Å². The number of rotatable bonds is 7. The van der Waals surface area contributed by atoms with Crippen LogP contribution in [0.5, 0.6) is 0 Å². The molecule has 0 spiro atoms. The lowest BCUT2D eigenvalue weighted by molar-refractivity contribution is -0.153. The fourth-order valence-electron chi connectivity index (χ4n) is 4.73. The maximum Gasteiger partial charge on any atom is 0.356 e. The largest absolute Gasteiger partial charge is 0.448 e. The first-order valence-corrected chi connectivity index (χ1v) is 15.4. The SMILES string of the molecule is N[C@@H]1C(=O)N2C(C(=O)OC(c3ccccc3)c3ccccc3)=C(/C=C/Sc3cc(=O)c4ccccc4s3)CS[C@H]12. The van der Waals surface area contributed by atoms with Crippen LogP contribution < -0.4 is 11.2 Å². The van der Waals surface area contributed by atoms with Gasteiger partial charge in [-0.05, 0) is 40.3 Å². The second-order valence-corrected chi connectivity index (χ2v) is 12.7. The second kappa shape index (κ2) is 11.5. The van der Waals surface area contributed by atoms with E-state index in [-0.39, 0.29) is 22.4 Å². The minimum Gasteiger partial charge on any atom is -0.448 e. The van der Waals surface area contributed by atoms with Crippen molar-refractivity contribution in [3.8, 4) is 0 Å². The second-order valence-electron chi connectivity index (χ2n) is 9.26. The van der Waals surface area contributed by atoms with Crippen LogP contribution in [0.3, 0.4) is 0 Å². The molecule has 40 heavy (non-hydrogen) atoms. The molecular formula is C31H24N2O4S3. The number of carbonyl (C=O) groups is 2. The Morgan fingerprint density at radius 2 is 1.62 bits per heavy atom. The molecule has 3 aromatic carbocycles. The number of β-lactam (4-membered cyclic amide) rings is 1. The number of allylic oxidation sites excluding steroid dienone is 1. The van der Waals surface area contributed by atoms with Crippen molar-refractivity contribution >= 4 is 56.8 Å². The Labute approximate surface area is 243 Å². The molecule has 1 saturated heterocycles. The van der Waals surface area contributed by atoms with Gasteiger partial charge in [0.05, 0.1) is 4.21 Å². The summed E-state index contributed by atoms with van der Waals surface area (Å²) in [7, 11) is 0. The lowest BCUT2D eigenvalue weighted by atomic mass is 10.0. The van der Waals surface area contributed by atoms with Crippen molar-refractivity contribution in [2.75, 3.05) is 5.75 Å². The monoisotopic (exact) mass is 584 g/mol. The molecule has 200 valence electrons. The van der Waals surface area contributed by atoms with Crippen molar-refractivity contribution in [3.05, 3.63) is 135 Å². The number of benzene rings is 3. The van der Waals surface area contributed by atoms with Gasteiger partial charge in [-0.25, -0.2) is 4.79 Å². The van der Waals surface area contributed by atoms with Gasteiger partial charge in [0.2, 0.25) is 5.91 Å². The minimum absolute atomic E-state index is 0.0298. The van der Waals surface area contributed by atoms with E-state index in [0.717, 1.165) is 20.0 Å². The Bertz CT molecular complexity index is 1660. The van der Waals surface area contributed by atoms with E-state index in [9.17, 15) is 14.4 Å². The molecule has 0 radical (unpaired) electrons. The van der Waals surface area contributed by atoms with E-state index < -0.39 is 18.1 Å². The van der Waals surface area contributed by atoms with Crippen LogP contribution in [-0.2, 0) is 14.3 Å². The fraction of sp³-hybridized carbons (Fsp3) is 0.129. The van der Waals surface area contributed by atoms with Crippen molar-refractivity contribution in [3.63, 3.8) is 0 Å². The zero-order valence-electron chi connectivity index (χ0n) is 21.1. The van der Waals surface area contributed by atoms with Crippen molar-refractivity contribution in [2.45, 2.75) is 21.7 Å². The number of hydrogen-bond donors (Lipinski definition) is 1. The van der Waals surface area contributed by atoms with E-state index >= 15 is 0 Å². The van der Waals surface area contributed by atoms with Crippen molar-refractivity contribution in [1.82, 2.24) is 4.90 Å². The highest BCUT2D eigenvalue weighted by atomic mass is 32.2. The van der Waals surface area contributed by atoms with Crippen LogP contribution in [0.15, 0.2) is 123 Å². The summed E-state index contributed by atoms with van der Waals surface area (Å²) < 4.78 is 7.89. The van der Waals surface area contributed by atoms with E-state index in [2.05, 4.69) is 0 Å². The molecule has 0 saturated carbocycles. The maximum absolute atomic E-state index is 13.8. The quantitative estimate of drug-likeness (QED) is 0.169. The Balaban J connectivity index is 1.32. The zero-order chi connectivity index (χ0) is 27.6. The van der Waals surface area contributed by atoms with Gasteiger partial charge < -0.3 is 10.5 Å². The highest BCUT2D eigenvalue weighted by molar-refractivity contribution is 8.04. The average Bonchev–Trinajstić information content (AvgIpc) is 3.00. The summed E-state index contributed by atoms with van der Waals surface area (Å²) in [5, 5.41) is 2.24. The Morgan fingerprint density at radius 3 is 2.33 bits per heavy atom. The highest BCUT2D eigenvalue weighted by Gasteiger charge is 2.52. The molecule has 2 aliphatic heterocycles. The van der Waals surface area contributed by atoms with E-state index in [0.29, 0.717) is 16.7 Å². The van der Waals surface area contributed by atoms with Crippen LogP contribution >= 0.6 is 34.9 Å². The molecular weight excluding hydrogens is 561 g/mol. The van der Waals surface area contributed by atoms with Gasteiger partial charge >= 0.3 is 5.97 Å². The predicted octanol–water partition coefficient (Wildman–Crippen LogP) is 5.70. The van der Waals surface area contributed by atoms with E-state index in [4.69, 9.17) is 10.5 Å². The number of thioether (sulfide) groups is 2. The Morgan fingerprint density at radius 1 is 0.975 bits per heavy atom. The van der Waals surface area contributed by atoms with E-state index in [1.807, 2.05) is 96.4 Å². The number of hydrogen-bond acceptors (Lipinski definition) is 8. The predicted molar refractivity (Wildman–Crippen MR) is 162 cm³/mol. The number of esters is 1. The number of ether oxygens (including phenoxy) is 1. The molecule has 2 N–H and O–H groups in total. The van der Waals surface area contributed by atoms with Crippen LogP contribution in [0.1, 0.15) is 17.2 Å². The number of fused-ring (bicyclic) bond motifs is 2. The van der Waals surface area contributed by atoms with Gasteiger partial charge in [0, 0.05) is 21.9 Å². The zero-order valence-corrected chi connectivity index (χ0v) is 23.6. The van der Waals surface area contributed by atoms with Crippen molar-refractivity contribution in [1.29, 1.82) is 0 Å². The molecule has 0 unspecified atom stereocenters. The third-order valence-electron chi connectivity index (χ3n) is 6.73. The van der Waals surface area contributed by atoms with E-state index in [1.165, 1.54) is 39.8 Å². The van der Waals surface area contributed by atoms with E-state index in [1.54, 1.807) is 6.07 Å². The number of amides is 1. The first-order chi connectivity index (χ1) is 19.5. The fourth-order valence-corrected chi connectivity index (χ4v) is 7.97. The lowest BCUT2D eigenvalue weighted by Crippen LogP contribution is -2.68. The molecule has 2 atom stereocenters. The molecule has 2 aliphatic rings. The molecule has 1 amide bonds. The van der Waals surface area contributed by atoms with Crippen LogP contribution in [0.2, 0.25) is 0 Å². The van der Waals surface area contributed by atoms with Gasteiger partial charge in [-0.2, -0.15) is 0 Å². The van der Waals surface area contributed by atoms with Crippen LogP contribution in [0, 0.1) is 0 Å². The Hall–Kier alpha value is -3.63. The molecule has 6 rings (SSSR count). The van der Waals surface area contributed by atoms with Crippen molar-refractivity contribution in [2.24, 2.45) is 5.73 Å². The number of nitrogens with zero attached hydrogens (tertiary/aromatic N) is 1. The molecule has 6 nitrogen and oxygen atoms in total. The van der Waals surface area contributed by atoms with Crippen LogP contribution in [0.25, 0.3) is 10.1 Å². The number of nitrogens with two attached hydrogens (primary N) is 1. The molecule has 0 aliphatic carbocycles. The third kappa shape index (κ3) is 5.13. The molecule has 4 aromatic rings. The Kier molecular flexibility index (Phi) is 7.62. The molecule has 0 bridgehead atoms. The summed E-state index contributed by atoms with van der Waals surface area (Å²) in [5.74, 6) is -0.381. The van der Waals surface area contributed by atoms with Gasteiger partial charge in [0.25, 0.3) is 0 Å². The topological polar surface area (TPSA) is 89.7 Å². The molecule has 1 fully saturated rings. The summed E-state index contributed by atoms with van der Waals surface area (Å²) in [6.07, 6.45) is 1.18. The summed E-state index contributed by atoms with van der Waals surface area (Å²) in [6.45, 7) is 0. The summed E-state index contributed by atoms with van der Waals surface area (Å²) >= 11 is 4.45. The first-order valence-electron chi connectivity index (χ1n) is 12.6. The molecule has 1 aromatic heterocycles. The number of carbonyl (C=O) groups excluding carboxylic acids is 2. The van der Waals surface area contributed by atoms with Gasteiger partial charge in [-0.3, -0.25) is 14.5 Å². The van der Waals surface area contributed by atoms with Gasteiger partial charge in [0.1, 0.15) is 17.1 Å². The molecule has 9 heteroatoms. The van der Waals surface area contributed by atoms with Gasteiger partial charge in [-0.1, -0.05) is 84.6 Å². The summed E-state index contributed by atoms with van der Waals surface area (Å²) in [4.78, 5) is 40.7. The van der Waals surface area contributed by atoms with Gasteiger partial charge in [-0.15, -0.1) is 23.1 Å². The average molecular weight is 585 g/mol. The lowest BCUT2D eigenvalue weighted by Gasteiger charge is -2.48. The highest BCUT2D eigenvalue weighted by Crippen LogP contribution is 2.41. The van der Waals surface area contributed by atoms with Crippen LogP contribution in [-0.4, -0.2) is 33.9 Å². The maximum atomic E-state index is 13.8. The molecule has 3 heterocycles. The van der Waals surface area contributed by atoms with Crippen molar-refractivity contribution < 1.29 is 14.3 Å². The standard InChI is InChI=1S/C31H24N2O4S3/c32-26-29(35)33-27(31(36)37-28(19-9-3-1-4-10-19)20-11-5-2-6-12-20)21(18-39-30(26)33)15-16-38-25-17-23(34)22-13-7-8-14-24(22)40-25/h1-17,26,28,30H,18,32H2/b16-15+/t26-,30-/m1/s1. The first kappa shape index (κ1) is 26.6. The summed E-state index contributed by atoms with van der Waals surface area (Å²) in [6, 6.07) is 27.6.